The number of aromatic nitrogens is 4. The van der Waals surface area contributed by atoms with Gasteiger partial charge < -0.3 is 10.2 Å². The van der Waals surface area contributed by atoms with Crippen molar-refractivity contribution < 1.29 is 0 Å². The molecule has 0 aromatic carbocycles. The Morgan fingerprint density at radius 3 is 2.82 bits per heavy atom. The molecule has 22 heavy (non-hydrogen) atoms. The highest BCUT2D eigenvalue weighted by atomic mass is 15.3. The van der Waals surface area contributed by atoms with Crippen LogP contribution in [-0.4, -0.2) is 39.4 Å². The quantitative estimate of drug-likeness (QED) is 0.831. The zero-order valence-electron chi connectivity index (χ0n) is 13.2. The Morgan fingerprint density at radius 1 is 1.18 bits per heavy atom. The van der Waals surface area contributed by atoms with Gasteiger partial charge in [-0.05, 0) is 38.7 Å². The number of aryl methyl sites for hydroxylation is 2. The fourth-order valence-corrected chi connectivity index (χ4v) is 2.77. The maximum Gasteiger partial charge on any atom is 0.227 e. The van der Waals surface area contributed by atoms with Crippen LogP contribution in [0, 0.1) is 6.92 Å². The Balaban J connectivity index is 1.55. The molecule has 1 aliphatic heterocycles. The van der Waals surface area contributed by atoms with E-state index in [-0.39, 0.29) is 0 Å². The summed E-state index contributed by atoms with van der Waals surface area (Å²) in [6.45, 7) is 5.98. The van der Waals surface area contributed by atoms with Gasteiger partial charge in [-0.15, -0.1) is 0 Å². The highest BCUT2D eigenvalue weighted by Gasteiger charge is 2.14. The molecule has 3 rings (SSSR count). The summed E-state index contributed by atoms with van der Waals surface area (Å²) in [4.78, 5) is 11.6. The Hall–Kier alpha value is -2.11. The third-order valence-corrected chi connectivity index (χ3v) is 3.91. The smallest absolute Gasteiger partial charge is 0.227 e. The van der Waals surface area contributed by atoms with Gasteiger partial charge in [0.25, 0.3) is 0 Å². The first-order chi connectivity index (χ1) is 10.8. The van der Waals surface area contributed by atoms with E-state index in [1.54, 1.807) is 0 Å². The van der Waals surface area contributed by atoms with Crippen molar-refractivity contribution >= 4 is 11.8 Å². The molecular weight excluding hydrogens is 276 g/mol. The molecule has 1 saturated heterocycles. The van der Waals surface area contributed by atoms with Gasteiger partial charge in [0.05, 0.1) is 0 Å². The normalized spacial score (nSPS) is 15.0. The van der Waals surface area contributed by atoms with E-state index >= 15 is 0 Å². The van der Waals surface area contributed by atoms with Crippen molar-refractivity contribution in [2.45, 2.75) is 39.2 Å². The maximum atomic E-state index is 4.67. The first-order valence-electron chi connectivity index (χ1n) is 8.13. The van der Waals surface area contributed by atoms with Crippen LogP contribution >= 0.6 is 0 Å². The molecule has 3 heterocycles. The summed E-state index contributed by atoms with van der Waals surface area (Å²) in [6, 6.07) is 3.97. The second kappa shape index (κ2) is 7.24. The average molecular weight is 300 g/mol. The molecule has 1 fully saturated rings. The van der Waals surface area contributed by atoms with E-state index in [1.165, 1.54) is 19.3 Å². The Morgan fingerprint density at radius 2 is 2.05 bits per heavy atom. The molecule has 0 amide bonds. The second-order valence-corrected chi connectivity index (χ2v) is 5.79. The van der Waals surface area contributed by atoms with Crippen molar-refractivity contribution in [1.29, 1.82) is 0 Å². The molecule has 0 bridgehead atoms. The van der Waals surface area contributed by atoms with Crippen molar-refractivity contribution in [3.63, 3.8) is 0 Å². The summed E-state index contributed by atoms with van der Waals surface area (Å²) in [5.41, 5.74) is 1.02. The van der Waals surface area contributed by atoms with Crippen LogP contribution in [0.15, 0.2) is 24.5 Å². The van der Waals surface area contributed by atoms with Gasteiger partial charge in [0.2, 0.25) is 5.95 Å². The molecule has 2 aromatic rings. The van der Waals surface area contributed by atoms with Crippen LogP contribution in [0.5, 0.6) is 0 Å². The topological polar surface area (TPSA) is 58.9 Å². The predicted molar refractivity (Wildman–Crippen MR) is 88.2 cm³/mol. The van der Waals surface area contributed by atoms with E-state index in [9.17, 15) is 0 Å². The van der Waals surface area contributed by atoms with Gasteiger partial charge in [-0.3, -0.25) is 4.68 Å². The first kappa shape index (κ1) is 14.8. The average Bonchev–Trinajstić information content (AvgIpc) is 3.05. The second-order valence-electron chi connectivity index (χ2n) is 5.79. The summed E-state index contributed by atoms with van der Waals surface area (Å²) in [5.74, 6) is 1.79. The number of nitrogens with zero attached hydrogens (tertiary/aromatic N) is 5. The molecule has 0 aliphatic carbocycles. The number of nitrogens with one attached hydrogen (secondary N) is 1. The summed E-state index contributed by atoms with van der Waals surface area (Å²) in [5, 5.41) is 7.62. The van der Waals surface area contributed by atoms with E-state index in [4.69, 9.17) is 0 Å². The zero-order valence-corrected chi connectivity index (χ0v) is 13.2. The van der Waals surface area contributed by atoms with E-state index in [0.717, 1.165) is 50.1 Å². The van der Waals surface area contributed by atoms with Crippen LogP contribution in [0.4, 0.5) is 11.8 Å². The van der Waals surface area contributed by atoms with Gasteiger partial charge in [0, 0.05) is 50.3 Å². The van der Waals surface area contributed by atoms with E-state index < -0.39 is 0 Å². The lowest BCUT2D eigenvalue weighted by molar-refractivity contribution is 0.567. The Bertz CT molecular complexity index is 574. The lowest BCUT2D eigenvalue weighted by Gasteiger charge is -2.27. The van der Waals surface area contributed by atoms with E-state index in [2.05, 4.69) is 25.3 Å². The maximum absolute atomic E-state index is 4.67. The number of piperidine rings is 1. The summed E-state index contributed by atoms with van der Waals surface area (Å²) in [7, 11) is 0. The van der Waals surface area contributed by atoms with Crippen LogP contribution < -0.4 is 10.2 Å². The molecule has 118 valence electrons. The summed E-state index contributed by atoms with van der Waals surface area (Å²) in [6.07, 6.45) is 8.62. The van der Waals surface area contributed by atoms with Gasteiger partial charge in [0.1, 0.15) is 5.82 Å². The van der Waals surface area contributed by atoms with Crippen molar-refractivity contribution in [1.82, 2.24) is 19.7 Å². The molecule has 1 aliphatic rings. The fraction of sp³-hybridized carbons (Fsp3) is 0.562. The zero-order chi connectivity index (χ0) is 15.2. The van der Waals surface area contributed by atoms with Crippen LogP contribution in [0.1, 0.15) is 31.4 Å². The summed E-state index contributed by atoms with van der Waals surface area (Å²) < 4.78 is 1.95. The van der Waals surface area contributed by atoms with Gasteiger partial charge >= 0.3 is 0 Å². The van der Waals surface area contributed by atoms with Crippen molar-refractivity contribution in [2.24, 2.45) is 0 Å². The monoisotopic (exact) mass is 300 g/mol. The Kier molecular flexibility index (Phi) is 4.88. The number of hydrogen-bond donors (Lipinski definition) is 1. The highest BCUT2D eigenvalue weighted by Crippen LogP contribution is 2.18. The number of hydrogen-bond acceptors (Lipinski definition) is 5. The molecule has 2 aromatic heterocycles. The Labute approximate surface area is 131 Å². The van der Waals surface area contributed by atoms with Crippen LogP contribution in [-0.2, 0) is 6.54 Å². The lowest BCUT2D eigenvalue weighted by Crippen LogP contribution is -2.31. The van der Waals surface area contributed by atoms with Crippen LogP contribution in [0.3, 0.4) is 0 Å². The van der Waals surface area contributed by atoms with Crippen molar-refractivity contribution in [3.05, 3.63) is 30.2 Å². The molecule has 0 unspecified atom stereocenters. The molecular formula is C16H24N6. The number of anilines is 2. The minimum Gasteiger partial charge on any atom is -0.370 e. The van der Waals surface area contributed by atoms with Gasteiger partial charge in [0.15, 0.2) is 0 Å². The van der Waals surface area contributed by atoms with Crippen molar-refractivity contribution in [3.8, 4) is 0 Å². The highest BCUT2D eigenvalue weighted by molar-refractivity contribution is 5.43. The molecule has 6 heteroatoms. The van der Waals surface area contributed by atoms with E-state index in [1.807, 2.05) is 36.1 Å². The largest absolute Gasteiger partial charge is 0.370 e. The lowest BCUT2D eigenvalue weighted by atomic mass is 10.1. The molecule has 0 atom stereocenters. The minimum atomic E-state index is 0.870. The fourth-order valence-electron chi connectivity index (χ4n) is 2.77. The molecule has 6 nitrogen and oxygen atoms in total. The molecule has 0 radical (unpaired) electrons. The third-order valence-electron chi connectivity index (χ3n) is 3.91. The third kappa shape index (κ3) is 3.96. The molecule has 0 saturated carbocycles. The van der Waals surface area contributed by atoms with Crippen LogP contribution in [0.2, 0.25) is 0 Å². The molecule has 1 N–H and O–H groups in total. The summed E-state index contributed by atoms with van der Waals surface area (Å²) >= 11 is 0. The molecule has 0 spiro atoms. The predicted octanol–water partition coefficient (Wildman–Crippen LogP) is 2.47. The standard InChI is InChI=1S/C16H24N6/c1-14-13-15(17-7-5-11-22-12-6-8-18-22)20-16(19-14)21-9-3-2-4-10-21/h6,8,12-13H,2-5,7,9-11H2,1H3,(H,17,19,20). The van der Waals surface area contributed by atoms with Gasteiger partial charge in [-0.25, -0.2) is 4.98 Å². The van der Waals surface area contributed by atoms with Crippen LogP contribution in [0.25, 0.3) is 0 Å². The van der Waals surface area contributed by atoms with Crippen molar-refractivity contribution in [2.75, 3.05) is 29.9 Å². The SMILES string of the molecule is Cc1cc(NCCCn2cccn2)nc(N2CCCCC2)n1. The van der Waals surface area contributed by atoms with E-state index in [0.29, 0.717) is 0 Å². The van der Waals surface area contributed by atoms with Gasteiger partial charge in [-0.1, -0.05) is 0 Å². The number of rotatable bonds is 6. The minimum absolute atomic E-state index is 0.870. The van der Waals surface area contributed by atoms with Gasteiger partial charge in [-0.2, -0.15) is 10.1 Å². The first-order valence-corrected chi connectivity index (χ1v) is 8.13.